The van der Waals surface area contributed by atoms with Crippen molar-refractivity contribution in [3.05, 3.63) is 24.0 Å². The number of ether oxygens (including phenoxy) is 1. The van der Waals surface area contributed by atoms with E-state index in [0.717, 1.165) is 25.7 Å². The van der Waals surface area contributed by atoms with Crippen LogP contribution in [0.5, 0.6) is 0 Å². The summed E-state index contributed by atoms with van der Waals surface area (Å²) in [5, 5.41) is 5.40. The summed E-state index contributed by atoms with van der Waals surface area (Å²) < 4.78 is 18.8. The third kappa shape index (κ3) is 3.72. The molecule has 3 rings (SSSR count). The first-order chi connectivity index (χ1) is 11.1. The van der Waals surface area contributed by atoms with Gasteiger partial charge in [0.25, 0.3) is 0 Å². The summed E-state index contributed by atoms with van der Waals surface area (Å²) in [5.41, 5.74) is 0.553. The van der Waals surface area contributed by atoms with Gasteiger partial charge in [-0.25, -0.2) is 14.0 Å². The number of hydrogen-bond acceptors (Lipinski definition) is 3. The Kier molecular flexibility index (Phi) is 4.64. The number of urea groups is 1. The quantitative estimate of drug-likeness (QED) is 0.898. The smallest absolute Gasteiger partial charge is 0.414 e. The second-order valence-corrected chi connectivity index (χ2v) is 5.86. The van der Waals surface area contributed by atoms with E-state index in [1.165, 1.54) is 29.5 Å². The van der Waals surface area contributed by atoms with Gasteiger partial charge in [0.05, 0.1) is 12.2 Å². The van der Waals surface area contributed by atoms with Crippen molar-refractivity contribution >= 4 is 23.5 Å². The minimum absolute atomic E-state index is 0.0514. The molecule has 1 heterocycles. The first kappa shape index (κ1) is 15.6. The fourth-order valence-electron chi connectivity index (χ4n) is 3.00. The van der Waals surface area contributed by atoms with E-state index < -0.39 is 17.9 Å². The number of nitrogens with one attached hydrogen (secondary N) is 2. The maximum absolute atomic E-state index is 13.9. The minimum atomic E-state index is -0.542. The summed E-state index contributed by atoms with van der Waals surface area (Å²) in [6.07, 6.45) is 4.85. The maximum Gasteiger partial charge on any atom is 0.414 e. The number of nitrogens with zero attached hydrogens (tertiary/aromatic N) is 1. The molecule has 0 radical (unpaired) electrons. The van der Waals surface area contributed by atoms with E-state index >= 15 is 0 Å². The van der Waals surface area contributed by atoms with Crippen LogP contribution in [0.25, 0.3) is 0 Å². The second-order valence-electron chi connectivity index (χ2n) is 5.86. The second kappa shape index (κ2) is 6.85. The zero-order valence-electron chi connectivity index (χ0n) is 12.8. The van der Waals surface area contributed by atoms with Crippen molar-refractivity contribution in [2.75, 3.05) is 23.4 Å². The van der Waals surface area contributed by atoms with Crippen LogP contribution in [0.1, 0.15) is 32.1 Å². The molecule has 124 valence electrons. The molecule has 1 aromatic carbocycles. The first-order valence-corrected chi connectivity index (χ1v) is 7.95. The molecule has 6 nitrogen and oxygen atoms in total. The zero-order valence-corrected chi connectivity index (χ0v) is 12.8. The normalized spacial score (nSPS) is 18.7. The van der Waals surface area contributed by atoms with Crippen molar-refractivity contribution in [3.8, 4) is 0 Å². The van der Waals surface area contributed by atoms with E-state index in [-0.39, 0.29) is 11.7 Å². The number of cyclic esters (lactones) is 1. The molecule has 3 amide bonds. The van der Waals surface area contributed by atoms with Crippen molar-refractivity contribution in [1.82, 2.24) is 5.32 Å². The minimum Gasteiger partial charge on any atom is -0.447 e. The lowest BCUT2D eigenvalue weighted by Crippen LogP contribution is -2.39. The molecule has 0 bridgehead atoms. The molecule has 1 aliphatic carbocycles. The van der Waals surface area contributed by atoms with Gasteiger partial charge in [0.15, 0.2) is 0 Å². The first-order valence-electron chi connectivity index (χ1n) is 7.95. The molecule has 0 atom stereocenters. The number of rotatable bonds is 3. The average Bonchev–Trinajstić information content (AvgIpc) is 2.96. The lowest BCUT2D eigenvalue weighted by atomic mass is 9.96. The molecular formula is C16H20FN3O3. The van der Waals surface area contributed by atoms with Crippen LogP contribution in [0.3, 0.4) is 0 Å². The van der Waals surface area contributed by atoms with Crippen LogP contribution in [0.2, 0.25) is 0 Å². The summed E-state index contributed by atoms with van der Waals surface area (Å²) >= 11 is 0. The van der Waals surface area contributed by atoms with E-state index in [1.54, 1.807) is 0 Å². The number of anilines is 2. The molecule has 1 aliphatic heterocycles. The summed E-state index contributed by atoms with van der Waals surface area (Å²) in [6, 6.07) is 3.89. The van der Waals surface area contributed by atoms with Crippen LogP contribution in [0.15, 0.2) is 18.2 Å². The number of halogens is 1. The summed E-state index contributed by atoms with van der Waals surface area (Å²) in [7, 11) is 0. The molecule has 0 aromatic heterocycles. The molecule has 2 aliphatic rings. The highest BCUT2D eigenvalue weighted by atomic mass is 19.1. The number of amides is 3. The van der Waals surface area contributed by atoms with Crippen LogP contribution in [-0.2, 0) is 4.74 Å². The lowest BCUT2D eigenvalue weighted by molar-refractivity contribution is 0.181. The van der Waals surface area contributed by atoms with Gasteiger partial charge >= 0.3 is 12.1 Å². The fraction of sp³-hybridized carbons (Fsp3) is 0.500. The molecule has 23 heavy (non-hydrogen) atoms. The van der Waals surface area contributed by atoms with Crippen LogP contribution >= 0.6 is 0 Å². The largest absolute Gasteiger partial charge is 0.447 e. The molecule has 7 heteroatoms. The van der Waals surface area contributed by atoms with Crippen LogP contribution in [0.4, 0.5) is 25.4 Å². The molecule has 0 unspecified atom stereocenters. The van der Waals surface area contributed by atoms with Crippen molar-refractivity contribution in [3.63, 3.8) is 0 Å². The van der Waals surface area contributed by atoms with Gasteiger partial charge in [-0.15, -0.1) is 0 Å². The third-order valence-electron chi connectivity index (χ3n) is 4.21. The Morgan fingerprint density at radius 2 is 2.04 bits per heavy atom. The van der Waals surface area contributed by atoms with Crippen molar-refractivity contribution in [2.24, 2.45) is 0 Å². The van der Waals surface area contributed by atoms with Crippen LogP contribution < -0.4 is 15.5 Å². The number of benzene rings is 1. The van der Waals surface area contributed by atoms with E-state index in [4.69, 9.17) is 4.74 Å². The standard InChI is InChI=1S/C16H20FN3O3/c17-13-7-6-12(20-8-9-23-16(20)22)10-14(13)19-15(21)18-11-4-2-1-3-5-11/h6-7,10-11H,1-5,8-9H2,(H2,18,19,21). The fourth-order valence-corrected chi connectivity index (χ4v) is 3.00. The Bertz CT molecular complexity index is 602. The van der Waals surface area contributed by atoms with Crippen molar-refractivity contribution < 1.29 is 18.7 Å². The highest BCUT2D eigenvalue weighted by molar-refractivity contribution is 5.93. The molecule has 1 saturated carbocycles. The Morgan fingerprint density at radius 3 is 2.74 bits per heavy atom. The zero-order chi connectivity index (χ0) is 16.2. The van der Waals surface area contributed by atoms with Gasteiger partial charge in [0, 0.05) is 11.7 Å². The number of carbonyl (C=O) groups excluding carboxylic acids is 2. The summed E-state index contributed by atoms with van der Waals surface area (Å²) in [6.45, 7) is 0.722. The van der Waals surface area contributed by atoms with Gasteiger partial charge in [-0.05, 0) is 31.0 Å². The SMILES string of the molecule is O=C(Nc1cc(N2CCOC2=O)ccc1F)NC1CCCCC1. The van der Waals surface area contributed by atoms with E-state index in [9.17, 15) is 14.0 Å². The Morgan fingerprint density at radius 1 is 1.26 bits per heavy atom. The summed E-state index contributed by atoms with van der Waals surface area (Å²) in [4.78, 5) is 25.0. The van der Waals surface area contributed by atoms with Gasteiger partial charge in [0.1, 0.15) is 12.4 Å². The van der Waals surface area contributed by atoms with E-state index in [0.29, 0.717) is 18.8 Å². The molecule has 2 fully saturated rings. The Hall–Kier alpha value is -2.31. The van der Waals surface area contributed by atoms with E-state index in [1.807, 2.05) is 0 Å². The Labute approximate surface area is 134 Å². The predicted octanol–water partition coefficient (Wildman–Crippen LogP) is 3.24. The molecule has 2 N–H and O–H groups in total. The highest BCUT2D eigenvalue weighted by Gasteiger charge is 2.24. The number of carbonyl (C=O) groups is 2. The Balaban J connectivity index is 1.66. The van der Waals surface area contributed by atoms with Gasteiger partial charge in [-0.2, -0.15) is 0 Å². The predicted molar refractivity (Wildman–Crippen MR) is 84.1 cm³/mol. The average molecular weight is 321 g/mol. The molecule has 0 spiro atoms. The van der Waals surface area contributed by atoms with Crippen molar-refractivity contribution in [2.45, 2.75) is 38.1 Å². The third-order valence-corrected chi connectivity index (χ3v) is 4.21. The topological polar surface area (TPSA) is 70.7 Å². The monoisotopic (exact) mass is 321 g/mol. The molecular weight excluding hydrogens is 301 g/mol. The molecule has 1 saturated heterocycles. The van der Waals surface area contributed by atoms with Gasteiger partial charge in [-0.3, -0.25) is 4.90 Å². The van der Waals surface area contributed by atoms with E-state index in [2.05, 4.69) is 10.6 Å². The highest BCUT2D eigenvalue weighted by Crippen LogP contribution is 2.25. The van der Waals surface area contributed by atoms with Gasteiger partial charge < -0.3 is 15.4 Å². The number of hydrogen-bond donors (Lipinski definition) is 2. The van der Waals surface area contributed by atoms with Gasteiger partial charge in [0.2, 0.25) is 0 Å². The lowest BCUT2D eigenvalue weighted by Gasteiger charge is -2.23. The van der Waals surface area contributed by atoms with Crippen molar-refractivity contribution in [1.29, 1.82) is 0 Å². The maximum atomic E-state index is 13.9. The van der Waals surface area contributed by atoms with Gasteiger partial charge in [-0.1, -0.05) is 19.3 Å². The molecule has 1 aromatic rings. The van der Waals surface area contributed by atoms with Crippen LogP contribution in [-0.4, -0.2) is 31.3 Å². The summed E-state index contributed by atoms with van der Waals surface area (Å²) in [5.74, 6) is -0.542. The van der Waals surface area contributed by atoms with Crippen LogP contribution in [0, 0.1) is 5.82 Å².